The summed E-state index contributed by atoms with van der Waals surface area (Å²) in [6.45, 7) is 1.75. The van der Waals surface area contributed by atoms with Gasteiger partial charge >= 0.3 is 12.3 Å². The zero-order chi connectivity index (χ0) is 11.9. The predicted molar refractivity (Wildman–Crippen MR) is 51.3 cm³/mol. The van der Waals surface area contributed by atoms with E-state index in [9.17, 15) is 17.6 Å². The molecule has 0 aliphatic heterocycles. The van der Waals surface area contributed by atoms with Gasteiger partial charge in [-0.25, -0.2) is 8.78 Å². The van der Waals surface area contributed by atoms with Crippen molar-refractivity contribution in [1.82, 2.24) is 5.32 Å². The van der Waals surface area contributed by atoms with Gasteiger partial charge in [0.2, 0.25) is 0 Å². The second-order valence-electron chi connectivity index (χ2n) is 3.54. The predicted octanol–water partition coefficient (Wildman–Crippen LogP) is 1.85. The average Bonchev–Trinajstić information content (AvgIpc) is 2.18. The molecule has 92 valence electrons. The average molecular weight is 230 g/mol. The number of hydrogen-bond donors (Lipinski definition) is 2. The SMILES string of the molecule is CCC(CN)CCNCC(F)(F)C(F)F. The first kappa shape index (κ1) is 14.6. The summed E-state index contributed by atoms with van der Waals surface area (Å²) in [7, 11) is 0. The summed E-state index contributed by atoms with van der Waals surface area (Å²) in [6, 6.07) is 0. The molecule has 6 heteroatoms. The highest BCUT2D eigenvalue weighted by molar-refractivity contribution is 4.72. The molecule has 0 spiro atoms. The Bertz CT molecular complexity index is 160. The number of alkyl halides is 4. The van der Waals surface area contributed by atoms with Crippen LogP contribution in [0.3, 0.4) is 0 Å². The molecule has 0 fully saturated rings. The molecule has 0 saturated heterocycles. The van der Waals surface area contributed by atoms with Crippen LogP contribution in [0.15, 0.2) is 0 Å². The molecule has 0 radical (unpaired) electrons. The van der Waals surface area contributed by atoms with Crippen LogP contribution in [0.2, 0.25) is 0 Å². The molecule has 0 bridgehead atoms. The Kier molecular flexibility index (Phi) is 6.84. The first-order valence-corrected chi connectivity index (χ1v) is 5.00. The fourth-order valence-corrected chi connectivity index (χ4v) is 1.13. The van der Waals surface area contributed by atoms with Crippen LogP contribution in [0.5, 0.6) is 0 Å². The van der Waals surface area contributed by atoms with Crippen molar-refractivity contribution in [2.75, 3.05) is 19.6 Å². The fraction of sp³-hybridized carbons (Fsp3) is 1.00. The van der Waals surface area contributed by atoms with E-state index in [0.717, 1.165) is 6.42 Å². The first-order chi connectivity index (χ1) is 6.94. The molecule has 1 unspecified atom stereocenters. The second-order valence-corrected chi connectivity index (χ2v) is 3.54. The van der Waals surface area contributed by atoms with E-state index in [1.165, 1.54) is 0 Å². The van der Waals surface area contributed by atoms with E-state index >= 15 is 0 Å². The number of halogens is 4. The number of rotatable bonds is 8. The van der Waals surface area contributed by atoms with Crippen molar-refractivity contribution in [2.45, 2.75) is 32.1 Å². The van der Waals surface area contributed by atoms with Crippen LogP contribution in [0.4, 0.5) is 17.6 Å². The van der Waals surface area contributed by atoms with Gasteiger partial charge < -0.3 is 11.1 Å². The molecule has 0 aliphatic carbocycles. The molecule has 0 aromatic carbocycles. The lowest BCUT2D eigenvalue weighted by atomic mass is 10.0. The van der Waals surface area contributed by atoms with E-state index < -0.39 is 18.9 Å². The maximum Gasteiger partial charge on any atom is 0.319 e. The van der Waals surface area contributed by atoms with E-state index in [1.54, 1.807) is 0 Å². The highest BCUT2D eigenvalue weighted by atomic mass is 19.3. The number of nitrogens with two attached hydrogens (primary N) is 1. The van der Waals surface area contributed by atoms with Gasteiger partial charge in [-0.1, -0.05) is 13.3 Å². The van der Waals surface area contributed by atoms with Crippen molar-refractivity contribution in [3.8, 4) is 0 Å². The molecular formula is C9H18F4N2. The van der Waals surface area contributed by atoms with Crippen LogP contribution < -0.4 is 11.1 Å². The van der Waals surface area contributed by atoms with Crippen LogP contribution in [0.25, 0.3) is 0 Å². The van der Waals surface area contributed by atoms with Gasteiger partial charge in [-0.2, -0.15) is 8.78 Å². The van der Waals surface area contributed by atoms with Crippen LogP contribution in [-0.4, -0.2) is 32.0 Å². The molecule has 0 aromatic heterocycles. The molecule has 0 rings (SSSR count). The summed E-state index contributed by atoms with van der Waals surface area (Å²) in [5.74, 6) is -3.68. The van der Waals surface area contributed by atoms with Gasteiger partial charge in [0.1, 0.15) is 0 Å². The highest BCUT2D eigenvalue weighted by Crippen LogP contribution is 2.21. The van der Waals surface area contributed by atoms with E-state index in [-0.39, 0.29) is 12.5 Å². The third-order valence-corrected chi connectivity index (χ3v) is 2.32. The summed E-state index contributed by atoms with van der Waals surface area (Å²) < 4.78 is 48.2. The number of hydrogen-bond acceptors (Lipinski definition) is 2. The van der Waals surface area contributed by atoms with Crippen molar-refractivity contribution >= 4 is 0 Å². The van der Waals surface area contributed by atoms with Crippen LogP contribution in [-0.2, 0) is 0 Å². The molecule has 15 heavy (non-hydrogen) atoms. The van der Waals surface area contributed by atoms with Crippen LogP contribution >= 0.6 is 0 Å². The van der Waals surface area contributed by atoms with Gasteiger partial charge in [0.25, 0.3) is 0 Å². The number of nitrogens with one attached hydrogen (secondary N) is 1. The summed E-state index contributed by atoms with van der Waals surface area (Å²) >= 11 is 0. The Morgan fingerprint density at radius 1 is 1.33 bits per heavy atom. The van der Waals surface area contributed by atoms with Gasteiger partial charge in [-0.3, -0.25) is 0 Å². The Labute approximate surface area is 87.2 Å². The first-order valence-electron chi connectivity index (χ1n) is 5.00. The summed E-state index contributed by atoms with van der Waals surface area (Å²) in [5.41, 5.74) is 5.40. The Hall–Kier alpha value is -0.360. The standard InChI is InChI=1S/C9H18F4N2/c1-2-7(5-14)3-4-15-6-9(12,13)8(10)11/h7-8,15H,2-6,14H2,1H3. The highest BCUT2D eigenvalue weighted by Gasteiger charge is 2.39. The lowest BCUT2D eigenvalue weighted by Crippen LogP contribution is -2.39. The minimum atomic E-state index is -3.94. The van der Waals surface area contributed by atoms with E-state index in [2.05, 4.69) is 5.32 Å². The molecule has 0 saturated carbocycles. The van der Waals surface area contributed by atoms with Crippen molar-refractivity contribution < 1.29 is 17.6 Å². The fourth-order valence-electron chi connectivity index (χ4n) is 1.13. The van der Waals surface area contributed by atoms with E-state index in [4.69, 9.17) is 5.73 Å². The molecule has 1 atom stereocenters. The maximum absolute atomic E-state index is 12.4. The zero-order valence-electron chi connectivity index (χ0n) is 8.78. The van der Waals surface area contributed by atoms with Gasteiger partial charge in [0.05, 0.1) is 6.54 Å². The Balaban J connectivity index is 3.62. The van der Waals surface area contributed by atoms with Crippen LogP contribution in [0, 0.1) is 5.92 Å². The third-order valence-electron chi connectivity index (χ3n) is 2.32. The minimum absolute atomic E-state index is 0.262. The van der Waals surface area contributed by atoms with Crippen LogP contribution in [0.1, 0.15) is 19.8 Å². The Morgan fingerprint density at radius 3 is 2.33 bits per heavy atom. The van der Waals surface area contributed by atoms with Gasteiger partial charge in [-0.05, 0) is 25.4 Å². The van der Waals surface area contributed by atoms with Gasteiger partial charge in [0, 0.05) is 0 Å². The lowest BCUT2D eigenvalue weighted by molar-refractivity contribution is -0.125. The maximum atomic E-state index is 12.4. The molecule has 2 nitrogen and oxygen atoms in total. The minimum Gasteiger partial charge on any atom is -0.330 e. The summed E-state index contributed by atoms with van der Waals surface area (Å²) in [4.78, 5) is 0. The second kappa shape index (κ2) is 7.00. The zero-order valence-corrected chi connectivity index (χ0v) is 8.78. The smallest absolute Gasteiger partial charge is 0.319 e. The summed E-state index contributed by atoms with van der Waals surface area (Å²) in [6.07, 6.45) is -2.11. The van der Waals surface area contributed by atoms with E-state index in [1.807, 2.05) is 6.92 Å². The lowest BCUT2D eigenvalue weighted by Gasteiger charge is -2.17. The third kappa shape index (κ3) is 5.94. The quantitative estimate of drug-likeness (QED) is 0.493. The molecule has 0 aliphatic rings. The van der Waals surface area contributed by atoms with Crippen molar-refractivity contribution in [2.24, 2.45) is 11.7 Å². The molecule has 0 heterocycles. The topological polar surface area (TPSA) is 38.0 Å². The monoisotopic (exact) mass is 230 g/mol. The largest absolute Gasteiger partial charge is 0.330 e. The molecular weight excluding hydrogens is 212 g/mol. The van der Waals surface area contributed by atoms with Crippen molar-refractivity contribution in [1.29, 1.82) is 0 Å². The van der Waals surface area contributed by atoms with Crippen molar-refractivity contribution in [3.63, 3.8) is 0 Å². The van der Waals surface area contributed by atoms with Gasteiger partial charge in [0.15, 0.2) is 0 Å². The Morgan fingerprint density at radius 2 is 1.93 bits per heavy atom. The normalized spacial score (nSPS) is 14.6. The van der Waals surface area contributed by atoms with Gasteiger partial charge in [-0.15, -0.1) is 0 Å². The summed E-state index contributed by atoms with van der Waals surface area (Å²) in [5, 5.41) is 2.32. The van der Waals surface area contributed by atoms with Crippen molar-refractivity contribution in [3.05, 3.63) is 0 Å². The molecule has 3 N–H and O–H groups in total. The molecule has 0 amide bonds. The van der Waals surface area contributed by atoms with E-state index in [0.29, 0.717) is 13.0 Å². The molecule has 0 aromatic rings.